The van der Waals surface area contributed by atoms with Crippen LogP contribution >= 0.6 is 0 Å². The van der Waals surface area contributed by atoms with Crippen LogP contribution in [0.15, 0.2) is 48.7 Å². The fourth-order valence-corrected chi connectivity index (χ4v) is 2.41. The molecule has 120 valence electrons. The van der Waals surface area contributed by atoms with Crippen LogP contribution in [-0.4, -0.2) is 38.6 Å². The van der Waals surface area contributed by atoms with E-state index >= 15 is 0 Å². The molecule has 0 spiro atoms. The highest BCUT2D eigenvalue weighted by Crippen LogP contribution is 2.19. The number of nitrogens with zero attached hydrogens (tertiary/aromatic N) is 2. The predicted octanol–water partition coefficient (Wildman–Crippen LogP) is 1.80. The van der Waals surface area contributed by atoms with Crippen molar-refractivity contribution in [2.24, 2.45) is 0 Å². The molecular formula is C17H18N2O4. The Kier molecular flexibility index (Phi) is 5.82. The smallest absolute Gasteiger partial charge is 0.414 e. The highest BCUT2D eigenvalue weighted by Gasteiger charge is 2.15. The van der Waals surface area contributed by atoms with Gasteiger partial charge in [0.05, 0.1) is 5.69 Å². The zero-order chi connectivity index (χ0) is 16.7. The molecule has 1 aromatic heterocycles. The number of hydrogen-bond acceptors (Lipinski definition) is 4. The summed E-state index contributed by atoms with van der Waals surface area (Å²) in [6.07, 6.45) is 3.02. The van der Waals surface area contributed by atoms with Crippen LogP contribution in [0.1, 0.15) is 16.8 Å². The van der Waals surface area contributed by atoms with Gasteiger partial charge in [-0.25, -0.2) is 9.59 Å². The average Bonchev–Trinajstić information content (AvgIpc) is 2.56. The third kappa shape index (κ3) is 5.19. The summed E-state index contributed by atoms with van der Waals surface area (Å²) < 4.78 is 0. The summed E-state index contributed by atoms with van der Waals surface area (Å²) in [6.45, 7) is 3.13. The molecule has 0 aliphatic carbocycles. The Morgan fingerprint density at radius 2 is 1.65 bits per heavy atom. The molecule has 1 aliphatic heterocycles. The Labute approximate surface area is 134 Å². The highest BCUT2D eigenvalue weighted by atomic mass is 16.4. The molecule has 2 N–H and O–H groups in total. The lowest BCUT2D eigenvalue weighted by molar-refractivity contribution is -0.159. The van der Waals surface area contributed by atoms with Gasteiger partial charge in [0.25, 0.3) is 0 Å². The van der Waals surface area contributed by atoms with Gasteiger partial charge in [-0.05, 0) is 29.7 Å². The number of benzene rings is 1. The van der Waals surface area contributed by atoms with Crippen LogP contribution in [-0.2, 0) is 29.1 Å². The number of aliphatic carboxylic acids is 2. The largest absolute Gasteiger partial charge is 0.473 e. The van der Waals surface area contributed by atoms with Gasteiger partial charge in [-0.15, -0.1) is 0 Å². The maximum Gasteiger partial charge on any atom is 0.414 e. The van der Waals surface area contributed by atoms with Crippen LogP contribution < -0.4 is 0 Å². The monoisotopic (exact) mass is 314 g/mol. The molecule has 2 heterocycles. The van der Waals surface area contributed by atoms with Crippen molar-refractivity contribution in [3.8, 4) is 0 Å². The Morgan fingerprint density at radius 1 is 1.00 bits per heavy atom. The van der Waals surface area contributed by atoms with Crippen molar-refractivity contribution < 1.29 is 19.8 Å². The molecule has 3 rings (SSSR count). The van der Waals surface area contributed by atoms with Crippen LogP contribution in [0.2, 0.25) is 0 Å². The molecule has 23 heavy (non-hydrogen) atoms. The number of fused-ring (bicyclic) bond motifs is 1. The average molecular weight is 314 g/mol. The van der Waals surface area contributed by atoms with Gasteiger partial charge in [-0.3, -0.25) is 9.88 Å². The molecule has 0 atom stereocenters. The SMILES string of the molecule is O=C(O)C(=O)O.c1ccc(CN2CCc3ccccc3C2)nc1. The molecule has 1 aromatic carbocycles. The Balaban J connectivity index is 0.000000277. The van der Waals surface area contributed by atoms with Gasteiger partial charge >= 0.3 is 11.9 Å². The van der Waals surface area contributed by atoms with E-state index in [4.69, 9.17) is 19.8 Å². The molecule has 6 nitrogen and oxygen atoms in total. The molecular weight excluding hydrogens is 296 g/mol. The van der Waals surface area contributed by atoms with Crippen LogP contribution in [0.3, 0.4) is 0 Å². The molecule has 1 aliphatic rings. The number of rotatable bonds is 2. The third-order valence-electron chi connectivity index (χ3n) is 3.50. The molecule has 0 bridgehead atoms. The Morgan fingerprint density at radius 3 is 2.26 bits per heavy atom. The van der Waals surface area contributed by atoms with Gasteiger partial charge < -0.3 is 10.2 Å². The zero-order valence-electron chi connectivity index (χ0n) is 12.6. The summed E-state index contributed by atoms with van der Waals surface area (Å²) in [7, 11) is 0. The molecule has 0 saturated carbocycles. The van der Waals surface area contributed by atoms with Gasteiger partial charge in [-0.1, -0.05) is 30.3 Å². The number of aromatic nitrogens is 1. The normalized spacial score (nSPS) is 13.4. The van der Waals surface area contributed by atoms with Crippen molar-refractivity contribution >= 4 is 11.9 Å². The van der Waals surface area contributed by atoms with Gasteiger partial charge in [0, 0.05) is 25.8 Å². The minimum atomic E-state index is -1.82. The number of carboxylic acids is 2. The fourth-order valence-electron chi connectivity index (χ4n) is 2.41. The zero-order valence-corrected chi connectivity index (χ0v) is 12.6. The number of hydrogen-bond donors (Lipinski definition) is 2. The van der Waals surface area contributed by atoms with Crippen LogP contribution in [0.5, 0.6) is 0 Å². The van der Waals surface area contributed by atoms with Crippen LogP contribution in [0.25, 0.3) is 0 Å². The second kappa shape index (κ2) is 8.05. The van der Waals surface area contributed by atoms with E-state index in [0.717, 1.165) is 31.7 Å². The topological polar surface area (TPSA) is 90.7 Å². The minimum Gasteiger partial charge on any atom is -0.473 e. The second-order valence-electron chi connectivity index (χ2n) is 5.16. The molecule has 0 radical (unpaired) electrons. The standard InChI is InChI=1S/C15H16N2.C2H2O4/c1-2-6-14-11-17(10-8-13(14)5-1)12-15-7-3-4-9-16-15;3-1(4)2(5)6/h1-7,9H,8,10-12H2;(H,3,4)(H,5,6). The maximum atomic E-state index is 9.10. The van der Waals surface area contributed by atoms with Gasteiger partial charge in [0.1, 0.15) is 0 Å². The van der Waals surface area contributed by atoms with Crippen molar-refractivity contribution in [1.82, 2.24) is 9.88 Å². The summed E-state index contributed by atoms with van der Waals surface area (Å²) in [5.74, 6) is -3.65. The van der Waals surface area contributed by atoms with Gasteiger partial charge in [0.2, 0.25) is 0 Å². The predicted molar refractivity (Wildman–Crippen MR) is 83.8 cm³/mol. The number of pyridine rings is 1. The summed E-state index contributed by atoms with van der Waals surface area (Å²) in [6, 6.07) is 14.9. The van der Waals surface area contributed by atoms with Crippen molar-refractivity contribution in [2.75, 3.05) is 6.54 Å². The summed E-state index contributed by atoms with van der Waals surface area (Å²) in [4.78, 5) is 25.0. The quantitative estimate of drug-likeness (QED) is 0.821. The number of carbonyl (C=O) groups is 2. The lowest BCUT2D eigenvalue weighted by Crippen LogP contribution is -2.30. The lowest BCUT2D eigenvalue weighted by Gasteiger charge is -2.28. The van der Waals surface area contributed by atoms with E-state index in [1.807, 2.05) is 12.3 Å². The Bertz CT molecular complexity index is 661. The summed E-state index contributed by atoms with van der Waals surface area (Å²) >= 11 is 0. The molecule has 0 amide bonds. The van der Waals surface area contributed by atoms with Gasteiger partial charge in [-0.2, -0.15) is 0 Å². The first-order chi connectivity index (χ1) is 11.1. The van der Waals surface area contributed by atoms with Crippen molar-refractivity contribution in [2.45, 2.75) is 19.5 Å². The molecule has 0 unspecified atom stereocenters. The van der Waals surface area contributed by atoms with Crippen molar-refractivity contribution in [3.05, 3.63) is 65.5 Å². The summed E-state index contributed by atoms with van der Waals surface area (Å²) in [5, 5.41) is 14.8. The number of carboxylic acid groups (broad SMARTS) is 2. The summed E-state index contributed by atoms with van der Waals surface area (Å²) in [5.41, 5.74) is 4.13. The second-order valence-corrected chi connectivity index (χ2v) is 5.16. The van der Waals surface area contributed by atoms with E-state index in [0.29, 0.717) is 0 Å². The maximum absolute atomic E-state index is 9.10. The van der Waals surface area contributed by atoms with Crippen molar-refractivity contribution in [1.29, 1.82) is 0 Å². The first kappa shape index (κ1) is 16.6. The first-order valence-corrected chi connectivity index (χ1v) is 7.21. The first-order valence-electron chi connectivity index (χ1n) is 7.21. The van der Waals surface area contributed by atoms with E-state index in [1.165, 1.54) is 11.1 Å². The van der Waals surface area contributed by atoms with Gasteiger partial charge in [0.15, 0.2) is 0 Å². The minimum absolute atomic E-state index is 0.954. The highest BCUT2D eigenvalue weighted by molar-refractivity contribution is 6.27. The fraction of sp³-hybridized carbons (Fsp3) is 0.235. The van der Waals surface area contributed by atoms with Crippen molar-refractivity contribution in [3.63, 3.8) is 0 Å². The molecule has 0 fully saturated rings. The molecule has 2 aromatic rings. The molecule has 6 heteroatoms. The van der Waals surface area contributed by atoms with E-state index in [9.17, 15) is 0 Å². The van der Waals surface area contributed by atoms with Crippen LogP contribution in [0.4, 0.5) is 0 Å². The molecule has 0 saturated heterocycles. The van der Waals surface area contributed by atoms with Crippen LogP contribution in [0, 0.1) is 0 Å². The van der Waals surface area contributed by atoms with E-state index in [2.05, 4.69) is 46.3 Å². The van der Waals surface area contributed by atoms with E-state index in [1.54, 1.807) is 0 Å². The Hall–Kier alpha value is -2.73. The van der Waals surface area contributed by atoms with E-state index < -0.39 is 11.9 Å². The third-order valence-corrected chi connectivity index (χ3v) is 3.50. The van der Waals surface area contributed by atoms with E-state index in [-0.39, 0.29) is 0 Å². The lowest BCUT2D eigenvalue weighted by atomic mass is 10.00.